The number of hydrogen-bond acceptors (Lipinski definition) is 8. The van der Waals surface area contributed by atoms with Gasteiger partial charge in [-0.15, -0.1) is 11.8 Å². The molecule has 1 N–H and O–H groups in total. The Labute approximate surface area is 241 Å². The van der Waals surface area contributed by atoms with E-state index in [0.29, 0.717) is 0 Å². The maximum Gasteiger partial charge on any atom is 2.00 e. The van der Waals surface area contributed by atoms with Crippen LogP contribution in [0.25, 0.3) is 0 Å². The van der Waals surface area contributed by atoms with Crippen molar-refractivity contribution in [3.05, 3.63) is 23.8 Å². The topological polar surface area (TPSA) is 112 Å². The van der Waals surface area contributed by atoms with E-state index in [1.807, 2.05) is 6.08 Å². The SMILES string of the molecule is CCCCCC1=CC=CC2(O)SC12CCCCC.[Mg+2].[Mg+2].[Mg+2].[O-]P([O-])[S-].[O-]P([O-])[S-]. The zero-order chi connectivity index (χ0) is 20.2. The number of aliphatic hydroxyl groups is 1. The van der Waals surface area contributed by atoms with Gasteiger partial charge >= 0.3 is 69.2 Å². The van der Waals surface area contributed by atoms with Crippen LogP contribution in [0.1, 0.15) is 65.2 Å². The summed E-state index contributed by atoms with van der Waals surface area (Å²) in [4.78, 5) is 34.8. The van der Waals surface area contributed by atoms with Crippen molar-refractivity contribution >= 4 is 121 Å². The largest absolute Gasteiger partial charge is 2.00 e. The van der Waals surface area contributed by atoms with E-state index in [-0.39, 0.29) is 73.9 Å². The molecule has 0 aromatic heterocycles. The predicted molar refractivity (Wildman–Crippen MR) is 127 cm³/mol. The van der Waals surface area contributed by atoms with Gasteiger partial charge in [-0.05, 0) is 30.9 Å². The molecule has 2 rings (SSSR count). The van der Waals surface area contributed by atoms with Crippen molar-refractivity contribution in [2.24, 2.45) is 0 Å². The molecule has 0 amide bonds. The third-order valence-corrected chi connectivity index (χ3v) is 5.90. The number of hydrogen-bond donors (Lipinski definition) is 1. The predicted octanol–water partition coefficient (Wildman–Crippen LogP) is 0.637. The smallest absolute Gasteiger partial charge is 0.860 e. The summed E-state index contributed by atoms with van der Waals surface area (Å²) in [7, 11) is -5.07. The molecule has 0 aromatic carbocycles. The van der Waals surface area contributed by atoms with Crippen LogP contribution < -0.4 is 19.6 Å². The van der Waals surface area contributed by atoms with Crippen molar-refractivity contribution in [2.75, 3.05) is 0 Å². The van der Waals surface area contributed by atoms with Crippen molar-refractivity contribution in [1.29, 1.82) is 0 Å². The van der Waals surface area contributed by atoms with Crippen LogP contribution in [0.5, 0.6) is 0 Å². The molecular weight excluding hydrogens is 503 g/mol. The second-order valence-electron chi connectivity index (χ2n) is 6.04. The summed E-state index contributed by atoms with van der Waals surface area (Å²) in [5.41, 5.74) is 1.49. The number of rotatable bonds is 8. The van der Waals surface area contributed by atoms with Crippen LogP contribution in [0.2, 0.25) is 0 Å². The standard InChI is InChI=1S/C16H26OS.3Mg.2O2PS/c1-3-5-7-10-14-11-9-13-16(17)15(14,18-16)12-8-6-4-2;;;;2*1-3(2)4/h9,11,13,17H,3-8,10,12H2,1-2H3;;;;;/q;3*+2;2*-3. The normalized spacial score (nSPS) is 23.1. The fourth-order valence-electron chi connectivity index (χ4n) is 3.00. The molecule has 2 aliphatic rings. The molecule has 13 heteroatoms. The molecule has 1 heterocycles. The molecule has 2 unspecified atom stereocenters. The molecule has 1 aliphatic carbocycles. The minimum Gasteiger partial charge on any atom is -0.860 e. The molecular formula is C16H26Mg3O5P2S3. The molecule has 0 bridgehead atoms. The van der Waals surface area contributed by atoms with E-state index in [0.717, 1.165) is 6.42 Å². The number of fused-ring (bicyclic) bond motifs is 1. The van der Waals surface area contributed by atoms with Crippen LogP contribution in [0.4, 0.5) is 0 Å². The van der Waals surface area contributed by atoms with Crippen LogP contribution in [-0.2, 0) is 24.5 Å². The maximum absolute atomic E-state index is 10.6. The van der Waals surface area contributed by atoms with Crippen LogP contribution in [-0.4, -0.2) is 83.9 Å². The van der Waals surface area contributed by atoms with E-state index in [1.54, 1.807) is 11.8 Å². The van der Waals surface area contributed by atoms with E-state index in [9.17, 15) is 5.11 Å². The minimum atomic E-state index is -2.54. The summed E-state index contributed by atoms with van der Waals surface area (Å²) in [5.74, 6) is 0. The molecule has 0 aromatic rings. The summed E-state index contributed by atoms with van der Waals surface area (Å²) in [6.07, 6.45) is 16.2. The van der Waals surface area contributed by atoms with Gasteiger partial charge in [0.1, 0.15) is 4.93 Å². The van der Waals surface area contributed by atoms with Crippen LogP contribution in [0, 0.1) is 0 Å². The second-order valence-corrected chi connectivity index (χ2v) is 10.2. The molecule has 0 saturated carbocycles. The molecule has 29 heavy (non-hydrogen) atoms. The zero-order valence-corrected chi connectivity index (χ0v) is 25.7. The van der Waals surface area contributed by atoms with Gasteiger partial charge in [-0.1, -0.05) is 58.1 Å². The fraction of sp³-hybridized carbons (Fsp3) is 0.750. The van der Waals surface area contributed by atoms with Gasteiger partial charge in [-0.3, -0.25) is 0 Å². The molecule has 1 saturated heterocycles. The molecule has 5 nitrogen and oxygen atoms in total. The Hall–Kier alpha value is 3.49. The third-order valence-electron chi connectivity index (χ3n) is 4.19. The number of unbranched alkanes of at least 4 members (excludes halogenated alkanes) is 4. The number of thioether (sulfide) groups is 1. The summed E-state index contributed by atoms with van der Waals surface area (Å²) in [5, 5.41) is 10.6. The van der Waals surface area contributed by atoms with Gasteiger partial charge in [-0.25, -0.2) is 0 Å². The molecule has 154 valence electrons. The number of allylic oxidation sites excluding steroid dienone is 2. The van der Waals surface area contributed by atoms with E-state index >= 15 is 0 Å². The summed E-state index contributed by atoms with van der Waals surface area (Å²) < 4.78 is 0.0463. The van der Waals surface area contributed by atoms with Gasteiger partial charge in [0.05, 0.1) is 4.75 Å². The minimum absolute atomic E-state index is 0. The van der Waals surface area contributed by atoms with E-state index in [1.165, 1.54) is 50.5 Å². The average molecular weight is 529 g/mol. The monoisotopic (exact) mass is 528 g/mol. The zero-order valence-electron chi connectivity index (χ0n) is 17.2. The first-order valence-corrected chi connectivity index (χ1v) is 13.8. The van der Waals surface area contributed by atoms with E-state index in [2.05, 4.69) is 50.5 Å². The Kier molecular flexibility index (Phi) is 30.1. The van der Waals surface area contributed by atoms with Gasteiger partial charge < -0.3 is 64.3 Å². The first-order chi connectivity index (χ1) is 12.1. The fourth-order valence-corrected chi connectivity index (χ4v) is 4.47. The maximum atomic E-state index is 10.6. The van der Waals surface area contributed by atoms with Gasteiger partial charge in [0.2, 0.25) is 0 Å². The molecule has 0 spiro atoms. The van der Waals surface area contributed by atoms with Gasteiger partial charge in [0.25, 0.3) is 0 Å². The Morgan fingerprint density at radius 2 is 1.38 bits per heavy atom. The van der Waals surface area contributed by atoms with Crippen LogP contribution in [0.15, 0.2) is 23.8 Å². The average Bonchev–Trinajstić information content (AvgIpc) is 3.13. The van der Waals surface area contributed by atoms with Gasteiger partial charge in [0, 0.05) is 0 Å². The quantitative estimate of drug-likeness (QED) is 0.160. The van der Waals surface area contributed by atoms with E-state index in [4.69, 9.17) is 19.6 Å². The summed E-state index contributed by atoms with van der Waals surface area (Å²) >= 11 is 8.91. The summed E-state index contributed by atoms with van der Waals surface area (Å²) in [6, 6.07) is 0. The van der Waals surface area contributed by atoms with E-state index < -0.39 is 20.1 Å². The van der Waals surface area contributed by atoms with Crippen molar-refractivity contribution < 1.29 is 24.7 Å². The molecule has 2 atom stereocenters. The summed E-state index contributed by atoms with van der Waals surface area (Å²) in [6.45, 7) is 4.48. The van der Waals surface area contributed by atoms with Crippen molar-refractivity contribution in [1.82, 2.24) is 0 Å². The Morgan fingerprint density at radius 1 is 0.931 bits per heavy atom. The van der Waals surface area contributed by atoms with Gasteiger partial charge in [-0.2, -0.15) is 0 Å². The molecule has 1 aliphatic heterocycles. The van der Waals surface area contributed by atoms with Crippen molar-refractivity contribution in [2.45, 2.75) is 74.9 Å². The molecule has 1 fully saturated rings. The van der Waals surface area contributed by atoms with Gasteiger partial charge in [0.15, 0.2) is 0 Å². The first-order valence-electron chi connectivity index (χ1n) is 8.59. The second kappa shape index (κ2) is 22.0. The van der Waals surface area contributed by atoms with Crippen LogP contribution in [0.3, 0.4) is 0 Å². The van der Waals surface area contributed by atoms with Crippen molar-refractivity contribution in [3.8, 4) is 0 Å². The Morgan fingerprint density at radius 3 is 1.83 bits per heavy atom. The third kappa shape index (κ3) is 16.7. The Bertz CT molecular complexity index is 454. The molecule has 0 radical (unpaired) electrons. The first kappa shape index (κ1) is 39.7. The van der Waals surface area contributed by atoms with Crippen LogP contribution >= 0.6 is 26.9 Å². The van der Waals surface area contributed by atoms with Crippen molar-refractivity contribution in [3.63, 3.8) is 0 Å². The Balaban J connectivity index is -0.000000246.